The van der Waals surface area contributed by atoms with Gasteiger partial charge in [0, 0.05) is 0 Å². The van der Waals surface area contributed by atoms with Crippen molar-refractivity contribution in [1.82, 2.24) is 4.98 Å². The van der Waals surface area contributed by atoms with Gasteiger partial charge in [0.15, 0.2) is 11.4 Å². The van der Waals surface area contributed by atoms with Gasteiger partial charge in [0.05, 0.1) is 19.3 Å². The van der Waals surface area contributed by atoms with Crippen LogP contribution in [0.5, 0.6) is 5.75 Å². The molecule has 4 nitrogen and oxygen atoms in total. The summed E-state index contributed by atoms with van der Waals surface area (Å²) >= 11 is 0. The van der Waals surface area contributed by atoms with Crippen LogP contribution in [0.3, 0.4) is 0 Å². The second kappa shape index (κ2) is 6.02. The van der Waals surface area contributed by atoms with Gasteiger partial charge in [-0.05, 0) is 13.0 Å². The Bertz CT molecular complexity index is 502. The highest BCUT2D eigenvalue weighted by Crippen LogP contribution is 2.37. The largest absolute Gasteiger partial charge is 0.494 e. The first-order valence-corrected chi connectivity index (χ1v) is 5.33. The number of rotatable bonds is 4. The first kappa shape index (κ1) is 16.1. The van der Waals surface area contributed by atoms with Crippen LogP contribution in [0.1, 0.15) is 35.1 Å². The lowest BCUT2D eigenvalue weighted by atomic mass is 10.1. The Labute approximate surface area is 110 Å². The van der Waals surface area contributed by atoms with Crippen molar-refractivity contribution < 1.29 is 36.2 Å². The van der Waals surface area contributed by atoms with E-state index in [0.717, 1.165) is 7.11 Å². The zero-order valence-corrected chi connectivity index (χ0v) is 10.4. The number of carbonyl (C=O) groups is 1. The molecule has 0 atom stereocenters. The molecule has 0 unspecified atom stereocenters. The van der Waals surface area contributed by atoms with Crippen molar-refractivity contribution in [2.75, 3.05) is 13.7 Å². The number of aromatic nitrogens is 1. The number of methoxy groups -OCH3 is 1. The molecule has 1 rings (SSSR count). The first-order chi connectivity index (χ1) is 9.22. The highest BCUT2D eigenvalue weighted by atomic mass is 19.4. The van der Waals surface area contributed by atoms with Crippen LogP contribution in [0.4, 0.5) is 22.0 Å². The molecular formula is C11H10F5NO3. The van der Waals surface area contributed by atoms with Gasteiger partial charge in [-0.2, -0.15) is 13.2 Å². The molecule has 0 bridgehead atoms. The van der Waals surface area contributed by atoms with Crippen molar-refractivity contribution in [2.24, 2.45) is 0 Å². The molecule has 1 heterocycles. The Morgan fingerprint density at radius 2 is 2.00 bits per heavy atom. The van der Waals surface area contributed by atoms with Crippen LogP contribution in [-0.2, 0) is 10.9 Å². The molecule has 0 aliphatic carbocycles. The number of hydrogen-bond donors (Lipinski definition) is 0. The molecule has 0 aliphatic rings. The zero-order valence-electron chi connectivity index (χ0n) is 10.4. The molecule has 0 fully saturated rings. The third-order valence-corrected chi connectivity index (χ3v) is 2.20. The summed E-state index contributed by atoms with van der Waals surface area (Å²) in [6.45, 7) is 1.26. The first-order valence-electron chi connectivity index (χ1n) is 5.33. The fourth-order valence-electron chi connectivity index (χ4n) is 1.41. The highest BCUT2D eigenvalue weighted by Gasteiger charge is 2.37. The lowest BCUT2D eigenvalue weighted by Gasteiger charge is -2.15. The fourth-order valence-corrected chi connectivity index (χ4v) is 1.41. The Kier molecular flexibility index (Phi) is 4.85. The van der Waals surface area contributed by atoms with Crippen LogP contribution >= 0.6 is 0 Å². The van der Waals surface area contributed by atoms with Gasteiger partial charge in [-0.3, -0.25) is 0 Å². The number of halogens is 5. The quantitative estimate of drug-likeness (QED) is 0.632. The number of hydrogen-bond acceptors (Lipinski definition) is 4. The molecule has 0 N–H and O–H groups in total. The van der Waals surface area contributed by atoms with E-state index in [0.29, 0.717) is 0 Å². The molecule has 1 aromatic heterocycles. The van der Waals surface area contributed by atoms with Gasteiger partial charge in [0.25, 0.3) is 6.43 Å². The molecule has 0 spiro atoms. The van der Waals surface area contributed by atoms with Crippen molar-refractivity contribution in [1.29, 1.82) is 0 Å². The number of esters is 1. The van der Waals surface area contributed by atoms with Gasteiger partial charge >= 0.3 is 12.1 Å². The average molecular weight is 299 g/mol. The second-order valence-corrected chi connectivity index (χ2v) is 3.50. The third kappa shape index (κ3) is 3.34. The zero-order chi connectivity index (χ0) is 15.5. The summed E-state index contributed by atoms with van der Waals surface area (Å²) in [5.41, 5.74) is -3.62. The molecule has 0 aliphatic heterocycles. The molecule has 0 aromatic carbocycles. The summed E-state index contributed by atoms with van der Waals surface area (Å²) < 4.78 is 72.4. The minimum absolute atomic E-state index is 0.145. The maximum atomic E-state index is 12.8. The van der Waals surface area contributed by atoms with Crippen molar-refractivity contribution in [3.63, 3.8) is 0 Å². The van der Waals surface area contributed by atoms with Crippen LogP contribution in [-0.4, -0.2) is 24.7 Å². The lowest BCUT2D eigenvalue weighted by Crippen LogP contribution is -2.17. The third-order valence-electron chi connectivity index (χ3n) is 2.20. The van der Waals surface area contributed by atoms with E-state index in [1.54, 1.807) is 0 Å². The number of carbonyl (C=O) groups excluding carboxylic acids is 1. The molecule has 0 saturated heterocycles. The normalized spacial score (nSPS) is 11.6. The fraction of sp³-hybridized carbons (Fsp3) is 0.455. The van der Waals surface area contributed by atoms with E-state index in [4.69, 9.17) is 0 Å². The summed E-state index contributed by atoms with van der Waals surface area (Å²) in [6, 6.07) is 0.145. The average Bonchev–Trinajstić information content (AvgIpc) is 2.36. The van der Waals surface area contributed by atoms with E-state index in [1.165, 1.54) is 6.92 Å². The number of nitrogens with zero attached hydrogens (tertiary/aromatic N) is 1. The lowest BCUT2D eigenvalue weighted by molar-refractivity contribution is -0.141. The Balaban J connectivity index is 3.53. The van der Waals surface area contributed by atoms with Gasteiger partial charge in [0.2, 0.25) is 0 Å². The van der Waals surface area contributed by atoms with Crippen molar-refractivity contribution >= 4 is 5.97 Å². The highest BCUT2D eigenvalue weighted by molar-refractivity contribution is 5.91. The number of pyridine rings is 1. The SMILES string of the molecule is CCOC(=O)c1nc(C(F)(F)F)cc(C(F)F)c1OC. The van der Waals surface area contributed by atoms with Gasteiger partial charge in [0.1, 0.15) is 5.69 Å². The summed E-state index contributed by atoms with van der Waals surface area (Å²) in [5, 5.41) is 0. The van der Waals surface area contributed by atoms with Crippen molar-refractivity contribution in [3.8, 4) is 5.75 Å². The molecule has 112 valence electrons. The van der Waals surface area contributed by atoms with Crippen LogP contribution in [0, 0.1) is 0 Å². The van der Waals surface area contributed by atoms with E-state index in [-0.39, 0.29) is 12.7 Å². The number of alkyl halides is 5. The molecule has 1 aromatic rings. The predicted molar refractivity (Wildman–Crippen MR) is 56.7 cm³/mol. The standard InChI is InChI=1S/C11H10F5NO3/c1-3-20-10(18)7-8(19-2)5(9(12)13)4-6(17-7)11(14,15)16/h4,9H,3H2,1-2H3. The van der Waals surface area contributed by atoms with E-state index in [1.807, 2.05) is 0 Å². The molecule has 20 heavy (non-hydrogen) atoms. The minimum Gasteiger partial charge on any atom is -0.494 e. The minimum atomic E-state index is -4.98. The van der Waals surface area contributed by atoms with Crippen molar-refractivity contribution in [2.45, 2.75) is 19.5 Å². The Morgan fingerprint density at radius 3 is 2.40 bits per heavy atom. The van der Waals surface area contributed by atoms with Gasteiger partial charge in [-0.15, -0.1) is 0 Å². The van der Waals surface area contributed by atoms with Gasteiger partial charge in [-0.1, -0.05) is 0 Å². The van der Waals surface area contributed by atoms with E-state index in [2.05, 4.69) is 14.5 Å². The second-order valence-electron chi connectivity index (χ2n) is 3.50. The smallest absolute Gasteiger partial charge is 0.433 e. The van der Waals surface area contributed by atoms with Gasteiger partial charge in [-0.25, -0.2) is 18.6 Å². The van der Waals surface area contributed by atoms with E-state index < -0.39 is 41.3 Å². The van der Waals surface area contributed by atoms with Gasteiger partial charge < -0.3 is 9.47 Å². The Morgan fingerprint density at radius 1 is 1.40 bits per heavy atom. The van der Waals surface area contributed by atoms with Crippen molar-refractivity contribution in [3.05, 3.63) is 23.0 Å². The van der Waals surface area contributed by atoms with E-state index in [9.17, 15) is 26.7 Å². The number of ether oxygens (including phenoxy) is 2. The maximum absolute atomic E-state index is 12.8. The molecular weight excluding hydrogens is 289 g/mol. The van der Waals surface area contributed by atoms with E-state index >= 15 is 0 Å². The predicted octanol–water partition coefficient (Wildman–Crippen LogP) is 3.22. The summed E-state index contributed by atoms with van der Waals surface area (Å²) in [7, 11) is 0.943. The molecule has 0 radical (unpaired) electrons. The monoisotopic (exact) mass is 299 g/mol. The van der Waals surface area contributed by atoms with Crippen LogP contribution in [0.15, 0.2) is 6.07 Å². The van der Waals surface area contributed by atoms with Crippen LogP contribution in [0.25, 0.3) is 0 Å². The molecule has 0 amide bonds. The molecule has 9 heteroatoms. The summed E-state index contributed by atoms with van der Waals surface area (Å²) in [4.78, 5) is 14.5. The molecule has 0 saturated carbocycles. The van der Waals surface area contributed by atoms with Crippen LogP contribution < -0.4 is 4.74 Å². The maximum Gasteiger partial charge on any atom is 0.433 e. The topological polar surface area (TPSA) is 48.4 Å². The van der Waals surface area contributed by atoms with Crippen LogP contribution in [0.2, 0.25) is 0 Å². The summed E-state index contributed by atoms with van der Waals surface area (Å²) in [6.07, 6.45) is -8.24. The Hall–Kier alpha value is -1.93. The summed E-state index contributed by atoms with van der Waals surface area (Å²) in [5.74, 6) is -2.00.